The lowest BCUT2D eigenvalue weighted by Gasteiger charge is -2.21. The molecule has 0 radical (unpaired) electrons. The summed E-state index contributed by atoms with van der Waals surface area (Å²) in [5.41, 5.74) is 2.54. The first-order valence-electron chi connectivity index (χ1n) is 7.41. The third-order valence-electron chi connectivity index (χ3n) is 3.72. The molecular weight excluding hydrogens is 278 g/mol. The van der Waals surface area contributed by atoms with E-state index in [9.17, 15) is 0 Å². The Kier molecular flexibility index (Phi) is 3.96. The quantitative estimate of drug-likeness (QED) is 0.676. The van der Waals surface area contributed by atoms with Gasteiger partial charge in [-0.2, -0.15) is 0 Å². The lowest BCUT2D eigenvalue weighted by molar-refractivity contribution is 0.409. The smallest absolute Gasteiger partial charge is 0.158 e. The van der Waals surface area contributed by atoms with Crippen LogP contribution in [0.5, 0.6) is 17.2 Å². The van der Waals surface area contributed by atoms with Crippen LogP contribution in [0.15, 0.2) is 46.6 Å². The van der Waals surface area contributed by atoms with Crippen molar-refractivity contribution < 1.29 is 9.47 Å². The monoisotopic (exact) mass is 297 g/mol. The van der Waals surface area contributed by atoms with Gasteiger partial charge in [-0.15, -0.1) is 10.2 Å². The van der Waals surface area contributed by atoms with Gasteiger partial charge in [-0.3, -0.25) is 0 Å². The molecule has 3 rings (SSSR count). The van der Waals surface area contributed by atoms with Gasteiger partial charge >= 0.3 is 0 Å². The maximum Gasteiger partial charge on any atom is 0.158 e. The number of benzene rings is 2. The fraction of sp³-hybridized carbons (Fsp3) is 0.294. The summed E-state index contributed by atoms with van der Waals surface area (Å²) in [5, 5.41) is 8.53. The number of hydrogen-bond donors (Lipinski definition) is 0. The maximum atomic E-state index is 6.03. The van der Waals surface area contributed by atoms with E-state index >= 15 is 0 Å². The molecule has 0 unspecified atom stereocenters. The Hall–Kier alpha value is -2.56. The van der Waals surface area contributed by atoms with Crippen molar-refractivity contribution in [3.63, 3.8) is 0 Å². The standard InChI is InChI=1S/C17H19N3O2/c1-4-20(5-2)12-6-8-14-16(10-12)22-17-11-13(21-3)7-9-15(17)19-18-14/h6-11H,4-5H2,1-3H3. The molecule has 1 aliphatic heterocycles. The van der Waals surface area contributed by atoms with Crippen molar-refractivity contribution >= 4 is 17.1 Å². The normalized spacial score (nSPS) is 12.0. The Bertz CT molecular complexity index is 709. The fourth-order valence-corrected chi connectivity index (χ4v) is 2.46. The molecule has 0 spiro atoms. The van der Waals surface area contributed by atoms with Gasteiger partial charge in [-0.05, 0) is 38.1 Å². The molecule has 0 bridgehead atoms. The highest BCUT2D eigenvalue weighted by Crippen LogP contribution is 2.44. The molecule has 1 aliphatic rings. The number of anilines is 1. The van der Waals surface area contributed by atoms with E-state index in [1.165, 1.54) is 0 Å². The van der Waals surface area contributed by atoms with Gasteiger partial charge in [-0.1, -0.05) is 0 Å². The summed E-state index contributed by atoms with van der Waals surface area (Å²) in [4.78, 5) is 2.26. The number of rotatable bonds is 4. The predicted molar refractivity (Wildman–Crippen MR) is 87.2 cm³/mol. The van der Waals surface area contributed by atoms with Crippen molar-refractivity contribution in [2.24, 2.45) is 10.2 Å². The van der Waals surface area contributed by atoms with Gasteiger partial charge in [0.05, 0.1) is 7.11 Å². The molecule has 2 aromatic rings. The Labute approximate surface area is 130 Å². The minimum absolute atomic E-state index is 0.651. The molecule has 2 aromatic carbocycles. The van der Waals surface area contributed by atoms with Gasteiger partial charge in [-0.25, -0.2) is 0 Å². The van der Waals surface area contributed by atoms with Crippen LogP contribution in [0.2, 0.25) is 0 Å². The highest BCUT2D eigenvalue weighted by Gasteiger charge is 2.15. The van der Waals surface area contributed by atoms with E-state index in [2.05, 4.69) is 29.0 Å². The number of hydrogen-bond acceptors (Lipinski definition) is 5. The molecule has 0 atom stereocenters. The van der Waals surface area contributed by atoms with Crippen molar-refractivity contribution in [1.82, 2.24) is 0 Å². The van der Waals surface area contributed by atoms with Gasteiger partial charge in [0.25, 0.3) is 0 Å². The fourth-order valence-electron chi connectivity index (χ4n) is 2.46. The summed E-state index contributed by atoms with van der Waals surface area (Å²) < 4.78 is 11.3. The molecule has 0 saturated carbocycles. The first-order chi connectivity index (χ1) is 10.7. The Morgan fingerprint density at radius 1 is 0.955 bits per heavy atom. The van der Waals surface area contributed by atoms with Crippen LogP contribution in [-0.4, -0.2) is 20.2 Å². The van der Waals surface area contributed by atoms with Gasteiger partial charge in [0.2, 0.25) is 0 Å². The van der Waals surface area contributed by atoms with Crippen LogP contribution in [0.4, 0.5) is 17.1 Å². The third-order valence-corrected chi connectivity index (χ3v) is 3.72. The van der Waals surface area contributed by atoms with Crippen LogP contribution in [0.25, 0.3) is 0 Å². The van der Waals surface area contributed by atoms with Crippen molar-refractivity contribution in [3.05, 3.63) is 36.4 Å². The first-order valence-corrected chi connectivity index (χ1v) is 7.41. The summed E-state index contributed by atoms with van der Waals surface area (Å²) in [7, 11) is 1.63. The highest BCUT2D eigenvalue weighted by molar-refractivity contribution is 5.66. The second-order valence-electron chi connectivity index (χ2n) is 4.96. The minimum Gasteiger partial charge on any atom is -0.497 e. The number of ether oxygens (including phenoxy) is 2. The zero-order valence-electron chi connectivity index (χ0n) is 13.0. The van der Waals surface area contributed by atoms with Crippen LogP contribution >= 0.6 is 0 Å². The summed E-state index contributed by atoms with van der Waals surface area (Å²) in [6.07, 6.45) is 0. The van der Waals surface area contributed by atoms with E-state index in [0.29, 0.717) is 17.2 Å². The molecule has 0 aliphatic carbocycles. The molecule has 0 amide bonds. The molecule has 0 N–H and O–H groups in total. The number of nitrogens with zero attached hydrogens (tertiary/aromatic N) is 3. The van der Waals surface area contributed by atoms with Crippen molar-refractivity contribution in [1.29, 1.82) is 0 Å². The zero-order chi connectivity index (χ0) is 15.5. The predicted octanol–water partition coefficient (Wildman–Crippen LogP) is 5.06. The first kappa shape index (κ1) is 14.4. The van der Waals surface area contributed by atoms with Gasteiger partial charge in [0, 0.05) is 30.9 Å². The van der Waals surface area contributed by atoms with E-state index in [-0.39, 0.29) is 0 Å². The van der Waals surface area contributed by atoms with E-state index < -0.39 is 0 Å². The average molecular weight is 297 g/mol. The highest BCUT2D eigenvalue weighted by atomic mass is 16.5. The largest absolute Gasteiger partial charge is 0.497 e. The van der Waals surface area contributed by atoms with E-state index in [4.69, 9.17) is 9.47 Å². The number of methoxy groups -OCH3 is 1. The van der Waals surface area contributed by atoms with Gasteiger partial charge in [0.15, 0.2) is 11.5 Å². The van der Waals surface area contributed by atoms with Gasteiger partial charge < -0.3 is 14.4 Å². The van der Waals surface area contributed by atoms with Gasteiger partial charge in [0.1, 0.15) is 17.1 Å². The topological polar surface area (TPSA) is 46.4 Å². The Morgan fingerprint density at radius 3 is 2.23 bits per heavy atom. The average Bonchev–Trinajstić information content (AvgIpc) is 2.73. The second-order valence-corrected chi connectivity index (χ2v) is 4.96. The van der Waals surface area contributed by atoms with Crippen molar-refractivity contribution in [2.45, 2.75) is 13.8 Å². The molecule has 0 aromatic heterocycles. The van der Waals surface area contributed by atoms with Crippen LogP contribution in [-0.2, 0) is 0 Å². The summed E-state index contributed by atoms with van der Waals surface area (Å²) >= 11 is 0. The molecule has 5 nitrogen and oxygen atoms in total. The van der Waals surface area contributed by atoms with Crippen LogP contribution in [0.3, 0.4) is 0 Å². The summed E-state index contributed by atoms with van der Waals surface area (Å²) in [5.74, 6) is 2.09. The number of azo groups is 1. The number of fused-ring (bicyclic) bond motifs is 2. The zero-order valence-corrected chi connectivity index (χ0v) is 13.0. The Morgan fingerprint density at radius 2 is 1.59 bits per heavy atom. The molecule has 5 heteroatoms. The van der Waals surface area contributed by atoms with E-state index in [1.807, 2.05) is 36.4 Å². The Balaban J connectivity index is 2.02. The van der Waals surface area contributed by atoms with Crippen molar-refractivity contribution in [2.75, 3.05) is 25.1 Å². The van der Waals surface area contributed by atoms with Crippen LogP contribution in [0, 0.1) is 0 Å². The molecule has 22 heavy (non-hydrogen) atoms. The van der Waals surface area contributed by atoms with Crippen molar-refractivity contribution in [3.8, 4) is 17.2 Å². The third kappa shape index (κ3) is 2.62. The second kappa shape index (κ2) is 6.05. The molecule has 0 saturated heterocycles. The molecular formula is C17H19N3O2. The molecule has 1 heterocycles. The lowest BCUT2D eigenvalue weighted by atomic mass is 10.2. The SMILES string of the molecule is CCN(CC)c1ccc2c(c1)Oc1cc(OC)ccc1N=N2. The molecule has 0 fully saturated rings. The minimum atomic E-state index is 0.651. The molecule has 114 valence electrons. The lowest BCUT2D eigenvalue weighted by Crippen LogP contribution is -2.21. The summed E-state index contributed by atoms with van der Waals surface area (Å²) in [6.45, 7) is 6.16. The van der Waals surface area contributed by atoms with E-state index in [1.54, 1.807) is 7.11 Å². The maximum absolute atomic E-state index is 6.03. The van der Waals surface area contributed by atoms with Crippen LogP contribution in [0.1, 0.15) is 13.8 Å². The summed E-state index contributed by atoms with van der Waals surface area (Å²) in [6, 6.07) is 11.5. The van der Waals surface area contributed by atoms with E-state index in [0.717, 1.165) is 30.2 Å². The van der Waals surface area contributed by atoms with Crippen LogP contribution < -0.4 is 14.4 Å².